The van der Waals surface area contributed by atoms with E-state index in [-0.39, 0.29) is 0 Å². The Labute approximate surface area is 142 Å². The molecule has 24 heavy (non-hydrogen) atoms. The van der Waals surface area contributed by atoms with E-state index in [0.717, 1.165) is 23.9 Å². The van der Waals surface area contributed by atoms with E-state index < -0.39 is 12.7 Å². The summed E-state index contributed by atoms with van der Waals surface area (Å²) >= 11 is 0. The maximum atomic E-state index is 12.8. The zero-order valence-electron chi connectivity index (χ0n) is 14.7. The maximum Gasteiger partial charge on any atom is 0.406 e. The lowest BCUT2D eigenvalue weighted by Gasteiger charge is -2.24. The van der Waals surface area contributed by atoms with Crippen molar-refractivity contribution in [3.8, 4) is 0 Å². The summed E-state index contributed by atoms with van der Waals surface area (Å²) in [7, 11) is 0. The van der Waals surface area contributed by atoms with Crippen LogP contribution in [0.25, 0.3) is 10.9 Å². The summed E-state index contributed by atoms with van der Waals surface area (Å²) in [5.74, 6) is 0. The highest BCUT2D eigenvalue weighted by atomic mass is 19.4. The predicted octanol–water partition coefficient (Wildman–Crippen LogP) is 6.28. The number of nitrogens with one attached hydrogen (secondary N) is 1. The first-order chi connectivity index (χ1) is 11.4. The van der Waals surface area contributed by atoms with Crippen LogP contribution in [0.4, 0.5) is 18.9 Å². The number of anilines is 1. The summed E-state index contributed by atoms with van der Waals surface area (Å²) in [5.41, 5.74) is 2.24. The molecule has 1 aromatic carbocycles. The van der Waals surface area contributed by atoms with Crippen LogP contribution in [0.2, 0.25) is 0 Å². The van der Waals surface area contributed by atoms with E-state index in [1.807, 2.05) is 32.0 Å². The molecule has 0 saturated heterocycles. The average molecular weight is 340 g/mol. The molecule has 5 heteroatoms. The van der Waals surface area contributed by atoms with Gasteiger partial charge in [-0.15, -0.1) is 0 Å². The molecule has 1 aliphatic carbocycles. The largest absolute Gasteiger partial charge is 0.406 e. The monoisotopic (exact) mass is 340 g/mol. The van der Waals surface area contributed by atoms with Crippen LogP contribution in [-0.2, 0) is 6.54 Å². The fraction of sp³-hybridized carbons (Fsp3) is 0.579. The van der Waals surface area contributed by atoms with Gasteiger partial charge < -0.3 is 9.88 Å². The van der Waals surface area contributed by atoms with E-state index in [4.69, 9.17) is 0 Å². The van der Waals surface area contributed by atoms with Crippen molar-refractivity contribution in [2.45, 2.75) is 71.6 Å². The first-order valence-corrected chi connectivity index (χ1v) is 8.86. The quantitative estimate of drug-likeness (QED) is 0.695. The molecular formula is C19H27F3N2. The molecule has 0 aliphatic heterocycles. The number of fused-ring (bicyclic) bond motifs is 1. The van der Waals surface area contributed by atoms with Gasteiger partial charge in [0.25, 0.3) is 0 Å². The van der Waals surface area contributed by atoms with Crippen LogP contribution >= 0.6 is 0 Å². The third kappa shape index (κ3) is 4.46. The van der Waals surface area contributed by atoms with Gasteiger partial charge >= 0.3 is 6.18 Å². The smallest absolute Gasteiger partial charge is 0.382 e. The van der Waals surface area contributed by atoms with Crippen LogP contribution < -0.4 is 5.32 Å². The van der Waals surface area contributed by atoms with Crippen LogP contribution in [0.5, 0.6) is 0 Å². The Morgan fingerprint density at radius 1 is 1.12 bits per heavy atom. The second kappa shape index (κ2) is 7.95. The molecule has 3 rings (SSSR count). The van der Waals surface area contributed by atoms with Crippen LogP contribution in [0.1, 0.15) is 51.6 Å². The zero-order valence-corrected chi connectivity index (χ0v) is 14.7. The lowest BCUT2D eigenvalue weighted by atomic mass is 9.95. The molecule has 1 N–H and O–H groups in total. The standard InChI is InChI=1S/C17H21F3N2.C2H6/c1-12-10-14-15(21-13-6-3-2-4-7-13)8-5-9-16(14)22(12)11-17(18,19)20;1-2/h5,8-10,13,21H,2-4,6-7,11H2,1H3;1-2H3. The SMILES string of the molecule is CC.Cc1cc2c(NC3CCCCC3)cccc2n1CC(F)(F)F. The third-order valence-electron chi connectivity index (χ3n) is 4.46. The maximum absolute atomic E-state index is 12.8. The van der Waals surface area contributed by atoms with Crippen molar-refractivity contribution in [2.24, 2.45) is 0 Å². The van der Waals surface area contributed by atoms with Crippen LogP contribution in [-0.4, -0.2) is 16.8 Å². The molecular weight excluding hydrogens is 313 g/mol. The van der Waals surface area contributed by atoms with Gasteiger partial charge in [-0.1, -0.05) is 39.2 Å². The van der Waals surface area contributed by atoms with E-state index in [1.165, 1.54) is 23.8 Å². The molecule has 0 unspecified atom stereocenters. The number of aromatic nitrogens is 1. The van der Waals surface area contributed by atoms with Gasteiger partial charge in [0.1, 0.15) is 6.54 Å². The summed E-state index contributed by atoms with van der Waals surface area (Å²) in [6, 6.07) is 7.85. The number of rotatable bonds is 3. The molecule has 134 valence electrons. The summed E-state index contributed by atoms with van der Waals surface area (Å²) < 4.78 is 39.6. The Morgan fingerprint density at radius 2 is 1.79 bits per heavy atom. The normalized spacial score (nSPS) is 15.9. The molecule has 0 spiro atoms. The van der Waals surface area contributed by atoms with Crippen LogP contribution in [0.15, 0.2) is 24.3 Å². The van der Waals surface area contributed by atoms with Crippen LogP contribution in [0, 0.1) is 6.92 Å². The molecule has 1 aromatic heterocycles. The lowest BCUT2D eigenvalue weighted by molar-refractivity contribution is -0.140. The Bertz CT molecular complexity index is 652. The molecule has 0 amide bonds. The topological polar surface area (TPSA) is 17.0 Å². The highest BCUT2D eigenvalue weighted by Crippen LogP contribution is 2.31. The molecule has 0 atom stereocenters. The number of alkyl halides is 3. The summed E-state index contributed by atoms with van der Waals surface area (Å²) in [6.07, 6.45) is 1.80. The average Bonchev–Trinajstić information content (AvgIpc) is 2.86. The molecule has 0 bridgehead atoms. The number of aryl methyl sites for hydroxylation is 1. The molecule has 2 aromatic rings. The van der Waals surface area contributed by atoms with Crippen molar-refractivity contribution in [3.05, 3.63) is 30.0 Å². The summed E-state index contributed by atoms with van der Waals surface area (Å²) in [6.45, 7) is 4.80. The first kappa shape index (κ1) is 18.7. The van der Waals surface area contributed by atoms with E-state index in [9.17, 15) is 13.2 Å². The molecule has 2 nitrogen and oxygen atoms in total. The van der Waals surface area contributed by atoms with Crippen molar-refractivity contribution in [1.29, 1.82) is 0 Å². The number of hydrogen-bond donors (Lipinski definition) is 1. The van der Waals surface area contributed by atoms with E-state index in [0.29, 0.717) is 17.3 Å². The minimum absolute atomic E-state index is 0.436. The van der Waals surface area contributed by atoms with Crippen LogP contribution in [0.3, 0.4) is 0 Å². The minimum Gasteiger partial charge on any atom is -0.382 e. The van der Waals surface area contributed by atoms with Crippen molar-refractivity contribution >= 4 is 16.6 Å². The van der Waals surface area contributed by atoms with Crippen molar-refractivity contribution in [3.63, 3.8) is 0 Å². The first-order valence-electron chi connectivity index (χ1n) is 8.86. The van der Waals surface area contributed by atoms with Gasteiger partial charge in [0.2, 0.25) is 0 Å². The predicted molar refractivity (Wildman–Crippen MR) is 94.6 cm³/mol. The van der Waals surface area contributed by atoms with E-state index in [2.05, 4.69) is 5.32 Å². The van der Waals surface area contributed by atoms with Gasteiger partial charge in [0.15, 0.2) is 0 Å². The molecule has 0 radical (unpaired) electrons. The molecule has 1 heterocycles. The van der Waals surface area contributed by atoms with Crippen molar-refractivity contribution in [2.75, 3.05) is 5.32 Å². The molecule has 1 fully saturated rings. The van der Waals surface area contributed by atoms with Gasteiger partial charge in [-0.3, -0.25) is 0 Å². The number of halogens is 3. The number of hydrogen-bond acceptors (Lipinski definition) is 1. The summed E-state index contributed by atoms with van der Waals surface area (Å²) in [5, 5.41) is 4.42. The van der Waals surface area contributed by atoms with Gasteiger partial charge in [0.05, 0.1) is 5.52 Å². The van der Waals surface area contributed by atoms with Gasteiger partial charge in [0, 0.05) is 22.8 Å². The number of benzene rings is 1. The highest BCUT2D eigenvalue weighted by molar-refractivity contribution is 5.93. The lowest BCUT2D eigenvalue weighted by Crippen LogP contribution is -2.22. The van der Waals surface area contributed by atoms with Gasteiger partial charge in [-0.25, -0.2) is 0 Å². The van der Waals surface area contributed by atoms with E-state index in [1.54, 1.807) is 13.0 Å². The second-order valence-corrected chi connectivity index (χ2v) is 6.20. The number of nitrogens with zero attached hydrogens (tertiary/aromatic N) is 1. The minimum atomic E-state index is -4.20. The molecule has 1 aliphatic rings. The summed E-state index contributed by atoms with van der Waals surface area (Å²) in [4.78, 5) is 0. The van der Waals surface area contributed by atoms with Gasteiger partial charge in [-0.05, 0) is 38.0 Å². The third-order valence-corrected chi connectivity index (χ3v) is 4.46. The molecule has 1 saturated carbocycles. The fourth-order valence-electron chi connectivity index (χ4n) is 3.40. The Hall–Kier alpha value is -1.65. The Morgan fingerprint density at radius 3 is 2.42 bits per heavy atom. The Balaban J connectivity index is 0.00000100. The van der Waals surface area contributed by atoms with E-state index >= 15 is 0 Å². The van der Waals surface area contributed by atoms with Crippen molar-refractivity contribution in [1.82, 2.24) is 4.57 Å². The second-order valence-electron chi connectivity index (χ2n) is 6.20. The zero-order chi connectivity index (χ0) is 17.7. The fourth-order valence-corrected chi connectivity index (χ4v) is 3.40. The highest BCUT2D eigenvalue weighted by Gasteiger charge is 2.29. The van der Waals surface area contributed by atoms with Gasteiger partial charge in [-0.2, -0.15) is 13.2 Å². The Kier molecular flexibility index (Phi) is 6.19. The van der Waals surface area contributed by atoms with Crippen molar-refractivity contribution < 1.29 is 13.2 Å².